The molecule has 1 aromatic carbocycles. The first-order chi connectivity index (χ1) is 10.5. The van der Waals surface area contributed by atoms with Crippen molar-refractivity contribution in [3.05, 3.63) is 40.5 Å². The van der Waals surface area contributed by atoms with Crippen LogP contribution in [0.1, 0.15) is 17.5 Å². The number of aryl methyl sites for hydroxylation is 1. The second-order valence-corrected chi connectivity index (χ2v) is 5.11. The molecule has 0 spiro atoms. The summed E-state index contributed by atoms with van der Waals surface area (Å²) in [7, 11) is 0. The van der Waals surface area contributed by atoms with Gasteiger partial charge in [0.15, 0.2) is 0 Å². The Bertz CT molecular complexity index is 692. The van der Waals surface area contributed by atoms with Crippen molar-refractivity contribution in [2.75, 3.05) is 11.9 Å². The molecule has 0 saturated carbocycles. The third kappa shape index (κ3) is 4.33. The molecular weight excluding hydrogens is 306 g/mol. The minimum Gasteiger partial charge on any atom is -0.481 e. The predicted molar refractivity (Wildman–Crippen MR) is 84.0 cm³/mol. The summed E-state index contributed by atoms with van der Waals surface area (Å²) in [4.78, 5) is 18.6. The van der Waals surface area contributed by atoms with E-state index in [9.17, 15) is 4.79 Å². The van der Waals surface area contributed by atoms with E-state index in [2.05, 4.69) is 15.3 Å². The molecule has 7 heteroatoms. The summed E-state index contributed by atoms with van der Waals surface area (Å²) in [5.74, 6) is -0.463. The smallest absolute Gasteiger partial charge is 0.319 e. The molecule has 116 valence electrons. The molecule has 0 amide bonds. The van der Waals surface area contributed by atoms with Gasteiger partial charge < -0.3 is 15.2 Å². The van der Waals surface area contributed by atoms with Crippen LogP contribution in [0.4, 0.5) is 11.5 Å². The van der Waals surface area contributed by atoms with Crippen LogP contribution in [0, 0.1) is 13.8 Å². The number of hydrogen-bond donors (Lipinski definition) is 2. The third-order valence-corrected chi connectivity index (χ3v) is 3.28. The Kier molecular flexibility index (Phi) is 5.16. The molecule has 0 aliphatic heterocycles. The zero-order valence-electron chi connectivity index (χ0n) is 12.3. The molecule has 0 aliphatic rings. The summed E-state index contributed by atoms with van der Waals surface area (Å²) >= 11 is 5.94. The van der Waals surface area contributed by atoms with Crippen LogP contribution in [0.15, 0.2) is 24.3 Å². The number of nitrogens with zero attached hydrogens (tertiary/aromatic N) is 2. The lowest BCUT2D eigenvalue weighted by molar-refractivity contribution is -0.137. The maximum absolute atomic E-state index is 10.5. The van der Waals surface area contributed by atoms with Gasteiger partial charge in [-0.25, -0.2) is 0 Å². The SMILES string of the molecule is Cc1cccc(Nc2cc(Cl)nc(OCCC(=O)O)n2)c1C. The van der Waals surface area contributed by atoms with Crippen molar-refractivity contribution in [3.63, 3.8) is 0 Å². The van der Waals surface area contributed by atoms with Crippen LogP contribution in [-0.2, 0) is 4.79 Å². The molecule has 0 bridgehead atoms. The number of ether oxygens (including phenoxy) is 1. The van der Waals surface area contributed by atoms with Crippen molar-refractivity contribution in [3.8, 4) is 6.01 Å². The van der Waals surface area contributed by atoms with Gasteiger partial charge in [0.25, 0.3) is 0 Å². The van der Waals surface area contributed by atoms with E-state index in [1.807, 2.05) is 32.0 Å². The van der Waals surface area contributed by atoms with Crippen LogP contribution in [0.25, 0.3) is 0 Å². The molecule has 1 aromatic heterocycles. The van der Waals surface area contributed by atoms with Crippen molar-refractivity contribution in [2.45, 2.75) is 20.3 Å². The average Bonchev–Trinajstić information content (AvgIpc) is 2.43. The molecular formula is C15H16ClN3O3. The van der Waals surface area contributed by atoms with Crippen LogP contribution in [0.3, 0.4) is 0 Å². The number of aliphatic carboxylic acids is 1. The first-order valence-corrected chi connectivity index (χ1v) is 7.06. The van der Waals surface area contributed by atoms with Gasteiger partial charge in [-0.2, -0.15) is 9.97 Å². The van der Waals surface area contributed by atoms with Crippen LogP contribution >= 0.6 is 11.6 Å². The van der Waals surface area contributed by atoms with Crippen LogP contribution < -0.4 is 10.1 Å². The van der Waals surface area contributed by atoms with Crippen molar-refractivity contribution < 1.29 is 14.6 Å². The summed E-state index contributed by atoms with van der Waals surface area (Å²) in [6, 6.07) is 7.52. The highest BCUT2D eigenvalue weighted by Gasteiger charge is 2.08. The summed E-state index contributed by atoms with van der Waals surface area (Å²) in [5, 5.41) is 12.0. The first kappa shape index (κ1) is 16.0. The van der Waals surface area contributed by atoms with Crippen LogP contribution in [-0.4, -0.2) is 27.7 Å². The number of benzene rings is 1. The van der Waals surface area contributed by atoms with E-state index in [1.165, 1.54) is 0 Å². The van der Waals surface area contributed by atoms with Crippen molar-refractivity contribution >= 4 is 29.1 Å². The van der Waals surface area contributed by atoms with E-state index in [4.69, 9.17) is 21.4 Å². The van der Waals surface area contributed by atoms with E-state index in [0.717, 1.165) is 16.8 Å². The lowest BCUT2D eigenvalue weighted by atomic mass is 10.1. The monoisotopic (exact) mass is 321 g/mol. The summed E-state index contributed by atoms with van der Waals surface area (Å²) in [6.45, 7) is 4.01. The molecule has 2 aromatic rings. The second-order valence-electron chi connectivity index (χ2n) is 4.72. The fraction of sp³-hybridized carbons (Fsp3) is 0.267. The number of aromatic nitrogens is 2. The zero-order valence-corrected chi connectivity index (χ0v) is 13.0. The summed E-state index contributed by atoms with van der Waals surface area (Å²) < 4.78 is 5.20. The molecule has 0 unspecified atom stereocenters. The normalized spacial score (nSPS) is 10.3. The van der Waals surface area contributed by atoms with Gasteiger partial charge in [0.05, 0.1) is 6.42 Å². The molecule has 0 aliphatic carbocycles. The van der Waals surface area contributed by atoms with Gasteiger partial charge in [-0.05, 0) is 31.0 Å². The van der Waals surface area contributed by atoms with Gasteiger partial charge in [0, 0.05) is 11.8 Å². The highest BCUT2D eigenvalue weighted by molar-refractivity contribution is 6.29. The van der Waals surface area contributed by atoms with Crippen LogP contribution in [0.2, 0.25) is 5.15 Å². The highest BCUT2D eigenvalue weighted by atomic mass is 35.5. The Morgan fingerprint density at radius 1 is 1.36 bits per heavy atom. The van der Waals surface area contributed by atoms with Crippen LogP contribution in [0.5, 0.6) is 6.01 Å². The second kappa shape index (κ2) is 7.09. The van der Waals surface area contributed by atoms with Gasteiger partial charge in [-0.3, -0.25) is 4.79 Å². The lowest BCUT2D eigenvalue weighted by Crippen LogP contribution is -2.07. The third-order valence-electron chi connectivity index (χ3n) is 3.09. The van der Waals surface area contributed by atoms with Gasteiger partial charge in [-0.1, -0.05) is 23.7 Å². The van der Waals surface area contributed by atoms with E-state index < -0.39 is 5.97 Å². The minimum absolute atomic E-state index is 0.0153. The Morgan fingerprint density at radius 2 is 2.14 bits per heavy atom. The number of rotatable bonds is 6. The molecule has 0 atom stereocenters. The van der Waals surface area contributed by atoms with E-state index in [-0.39, 0.29) is 24.2 Å². The Morgan fingerprint density at radius 3 is 2.86 bits per heavy atom. The maximum atomic E-state index is 10.5. The Hall–Kier alpha value is -2.34. The zero-order chi connectivity index (χ0) is 16.1. The van der Waals surface area contributed by atoms with Crippen molar-refractivity contribution in [2.24, 2.45) is 0 Å². The molecule has 1 heterocycles. The van der Waals surface area contributed by atoms with Gasteiger partial charge in [-0.15, -0.1) is 0 Å². The molecule has 0 radical (unpaired) electrons. The summed E-state index contributed by atoms with van der Waals surface area (Å²) in [5.41, 5.74) is 3.17. The molecule has 22 heavy (non-hydrogen) atoms. The number of carboxylic acids is 1. The van der Waals surface area contributed by atoms with Gasteiger partial charge in [0.1, 0.15) is 17.6 Å². The number of hydrogen-bond acceptors (Lipinski definition) is 5. The predicted octanol–water partition coefficient (Wildman–Crippen LogP) is 3.34. The molecule has 0 saturated heterocycles. The fourth-order valence-electron chi connectivity index (χ4n) is 1.78. The van der Waals surface area contributed by atoms with Gasteiger partial charge in [0.2, 0.25) is 0 Å². The molecule has 2 N–H and O–H groups in total. The quantitative estimate of drug-likeness (QED) is 0.794. The lowest BCUT2D eigenvalue weighted by Gasteiger charge is -2.12. The first-order valence-electron chi connectivity index (χ1n) is 6.68. The topological polar surface area (TPSA) is 84.3 Å². The molecule has 0 fully saturated rings. The number of halogens is 1. The number of nitrogens with one attached hydrogen (secondary N) is 1. The van der Waals surface area contributed by atoms with Gasteiger partial charge >= 0.3 is 12.0 Å². The summed E-state index contributed by atoms with van der Waals surface area (Å²) in [6.07, 6.45) is -0.129. The Labute approximate surface area is 133 Å². The van der Waals surface area contributed by atoms with E-state index >= 15 is 0 Å². The van der Waals surface area contributed by atoms with E-state index in [0.29, 0.717) is 5.82 Å². The standard InChI is InChI=1S/C15H16ClN3O3/c1-9-4-3-5-11(10(9)2)17-13-8-12(16)18-15(19-13)22-7-6-14(20)21/h3-5,8H,6-7H2,1-2H3,(H,20,21)(H,17,18,19). The minimum atomic E-state index is -0.948. The number of anilines is 2. The Balaban J connectivity index is 2.15. The molecule has 2 rings (SSSR count). The largest absolute Gasteiger partial charge is 0.481 e. The molecule has 6 nitrogen and oxygen atoms in total. The van der Waals surface area contributed by atoms with E-state index in [1.54, 1.807) is 6.07 Å². The maximum Gasteiger partial charge on any atom is 0.319 e. The van der Waals surface area contributed by atoms with Crippen molar-refractivity contribution in [1.82, 2.24) is 9.97 Å². The fourth-order valence-corrected chi connectivity index (χ4v) is 1.96. The number of carbonyl (C=O) groups is 1. The average molecular weight is 322 g/mol. The van der Waals surface area contributed by atoms with Crippen molar-refractivity contribution in [1.29, 1.82) is 0 Å². The highest BCUT2D eigenvalue weighted by Crippen LogP contribution is 2.24. The number of carboxylic acid groups (broad SMARTS) is 1.